The van der Waals surface area contributed by atoms with Crippen molar-refractivity contribution < 1.29 is 5.11 Å². The van der Waals surface area contributed by atoms with Gasteiger partial charge < -0.3 is 5.11 Å². The average Bonchev–Trinajstić information content (AvgIpc) is 2.78. The number of aromatic nitrogens is 2. The van der Waals surface area contributed by atoms with Crippen molar-refractivity contribution in [2.24, 2.45) is 0 Å². The first-order valence-electron chi connectivity index (χ1n) is 5.34. The van der Waals surface area contributed by atoms with Gasteiger partial charge in [0.1, 0.15) is 0 Å². The van der Waals surface area contributed by atoms with Crippen molar-refractivity contribution in [1.29, 1.82) is 0 Å². The molecule has 0 saturated carbocycles. The van der Waals surface area contributed by atoms with E-state index in [9.17, 15) is 5.11 Å². The summed E-state index contributed by atoms with van der Waals surface area (Å²) >= 11 is 1.29. The molecule has 1 aromatic carbocycles. The third-order valence-electron chi connectivity index (χ3n) is 2.49. The molecule has 1 N–H and O–H groups in total. The molecule has 4 heteroatoms. The predicted molar refractivity (Wildman–Crippen MR) is 64.4 cm³/mol. The van der Waals surface area contributed by atoms with E-state index in [-0.39, 0.29) is 0 Å². The van der Waals surface area contributed by atoms with Gasteiger partial charge in [-0.2, -0.15) is 0 Å². The number of aliphatic hydroxyl groups excluding tert-OH is 1. The number of hydrogen-bond acceptors (Lipinski definition) is 4. The maximum absolute atomic E-state index is 10.1. The third kappa shape index (κ3) is 2.46. The van der Waals surface area contributed by atoms with Crippen LogP contribution >= 0.6 is 11.5 Å². The summed E-state index contributed by atoms with van der Waals surface area (Å²) in [6.07, 6.45) is 0.951. The van der Waals surface area contributed by atoms with E-state index in [1.165, 1.54) is 11.5 Å². The van der Waals surface area contributed by atoms with Crippen molar-refractivity contribution in [2.75, 3.05) is 0 Å². The fourth-order valence-corrected chi connectivity index (χ4v) is 2.37. The van der Waals surface area contributed by atoms with Crippen molar-refractivity contribution in [3.63, 3.8) is 0 Å². The van der Waals surface area contributed by atoms with Crippen LogP contribution in [0.4, 0.5) is 0 Å². The zero-order chi connectivity index (χ0) is 11.4. The lowest BCUT2D eigenvalue weighted by molar-refractivity contribution is 0.181. The molecule has 1 unspecified atom stereocenters. The Hall–Kier alpha value is -1.26. The van der Waals surface area contributed by atoms with E-state index in [4.69, 9.17) is 0 Å². The predicted octanol–water partition coefficient (Wildman–Crippen LogP) is 2.38. The number of aryl methyl sites for hydroxylation is 1. The second-order valence-corrected chi connectivity index (χ2v) is 4.43. The van der Waals surface area contributed by atoms with Crippen LogP contribution in [0, 0.1) is 0 Å². The Morgan fingerprint density at radius 1 is 1.31 bits per heavy atom. The monoisotopic (exact) mass is 234 g/mol. The number of nitrogens with zero attached hydrogens (tertiary/aromatic N) is 2. The number of benzene rings is 1. The Bertz CT molecular complexity index is 441. The molecular formula is C12H14N2OS. The van der Waals surface area contributed by atoms with Crippen molar-refractivity contribution in [2.45, 2.75) is 25.9 Å². The van der Waals surface area contributed by atoms with Crippen molar-refractivity contribution >= 4 is 11.5 Å². The lowest BCUT2D eigenvalue weighted by Gasteiger charge is -2.08. The quantitative estimate of drug-likeness (QED) is 0.883. The molecular weight excluding hydrogens is 220 g/mol. The molecule has 1 atom stereocenters. The molecule has 16 heavy (non-hydrogen) atoms. The second-order valence-electron chi connectivity index (χ2n) is 3.64. The summed E-state index contributed by atoms with van der Waals surface area (Å²) in [5, 5.41) is 14.1. The largest absolute Gasteiger partial charge is 0.387 e. The van der Waals surface area contributed by atoms with Gasteiger partial charge >= 0.3 is 0 Å². The summed E-state index contributed by atoms with van der Waals surface area (Å²) in [6, 6.07) is 9.97. The van der Waals surface area contributed by atoms with Gasteiger partial charge in [0, 0.05) is 6.42 Å². The Labute approximate surface area is 98.9 Å². The van der Waals surface area contributed by atoms with Gasteiger partial charge in [-0.05, 0) is 23.5 Å². The van der Waals surface area contributed by atoms with E-state index in [0.717, 1.165) is 22.6 Å². The Kier molecular flexibility index (Phi) is 3.64. The minimum absolute atomic E-state index is 0.489. The maximum atomic E-state index is 10.1. The molecule has 0 aliphatic carbocycles. The van der Waals surface area contributed by atoms with Crippen LogP contribution in [0.15, 0.2) is 30.3 Å². The van der Waals surface area contributed by atoms with E-state index >= 15 is 0 Å². The molecule has 0 fully saturated rings. The van der Waals surface area contributed by atoms with Crippen molar-refractivity contribution in [3.05, 3.63) is 46.5 Å². The van der Waals surface area contributed by atoms with Gasteiger partial charge in [0.15, 0.2) is 0 Å². The molecule has 3 nitrogen and oxygen atoms in total. The first-order valence-corrected chi connectivity index (χ1v) is 6.11. The number of hydrogen-bond donors (Lipinski definition) is 1. The zero-order valence-corrected chi connectivity index (χ0v) is 9.94. The Morgan fingerprint density at radius 2 is 2.06 bits per heavy atom. The molecule has 0 bridgehead atoms. The second kappa shape index (κ2) is 5.18. The lowest BCUT2D eigenvalue weighted by atomic mass is 10.1. The topological polar surface area (TPSA) is 46.0 Å². The summed E-state index contributed by atoms with van der Waals surface area (Å²) in [6.45, 7) is 2.02. The molecule has 0 aliphatic heterocycles. The standard InChI is InChI=1S/C12H14N2OS/c1-2-10-12(16-14-13-10)11(15)8-9-6-4-3-5-7-9/h3-7,11,15H,2,8H2,1H3. The van der Waals surface area contributed by atoms with E-state index in [1.54, 1.807) is 0 Å². The van der Waals surface area contributed by atoms with Gasteiger partial charge in [-0.1, -0.05) is 41.7 Å². The SMILES string of the molecule is CCc1nnsc1C(O)Cc1ccccc1. The number of rotatable bonds is 4. The van der Waals surface area contributed by atoms with E-state index < -0.39 is 6.10 Å². The van der Waals surface area contributed by atoms with E-state index in [0.29, 0.717) is 6.42 Å². The van der Waals surface area contributed by atoms with Gasteiger partial charge in [-0.3, -0.25) is 0 Å². The van der Waals surface area contributed by atoms with Crippen LogP contribution in [0.1, 0.15) is 29.2 Å². The average molecular weight is 234 g/mol. The summed E-state index contributed by atoms with van der Waals surface area (Å²) < 4.78 is 3.89. The number of aliphatic hydroxyl groups is 1. The molecule has 2 rings (SSSR count). The first kappa shape index (κ1) is 11.2. The van der Waals surface area contributed by atoms with Crippen LogP contribution < -0.4 is 0 Å². The van der Waals surface area contributed by atoms with Gasteiger partial charge in [-0.15, -0.1) is 5.10 Å². The fourth-order valence-electron chi connectivity index (χ4n) is 1.64. The Balaban J connectivity index is 2.11. The van der Waals surface area contributed by atoms with Crippen molar-refractivity contribution in [1.82, 2.24) is 9.59 Å². The highest BCUT2D eigenvalue weighted by Gasteiger charge is 2.15. The minimum atomic E-state index is -0.489. The highest BCUT2D eigenvalue weighted by molar-refractivity contribution is 7.05. The molecule has 0 radical (unpaired) electrons. The first-order chi connectivity index (χ1) is 7.81. The fraction of sp³-hybridized carbons (Fsp3) is 0.333. The molecule has 0 spiro atoms. The van der Waals surface area contributed by atoms with Crippen LogP contribution in [-0.2, 0) is 12.8 Å². The zero-order valence-electron chi connectivity index (χ0n) is 9.13. The van der Waals surface area contributed by atoms with Gasteiger partial charge in [0.25, 0.3) is 0 Å². The molecule has 0 saturated heterocycles. The highest BCUT2D eigenvalue weighted by atomic mass is 32.1. The van der Waals surface area contributed by atoms with E-state index in [1.807, 2.05) is 37.3 Å². The summed E-state index contributed by atoms with van der Waals surface area (Å²) in [7, 11) is 0. The van der Waals surface area contributed by atoms with Crippen LogP contribution in [0.25, 0.3) is 0 Å². The maximum Gasteiger partial charge on any atom is 0.0957 e. The molecule has 0 aliphatic rings. The van der Waals surface area contributed by atoms with Crippen LogP contribution in [-0.4, -0.2) is 14.7 Å². The molecule has 1 aromatic heterocycles. The summed E-state index contributed by atoms with van der Waals surface area (Å²) in [5.74, 6) is 0. The highest BCUT2D eigenvalue weighted by Crippen LogP contribution is 2.24. The van der Waals surface area contributed by atoms with E-state index in [2.05, 4.69) is 9.59 Å². The summed E-state index contributed by atoms with van der Waals surface area (Å²) in [4.78, 5) is 0.895. The van der Waals surface area contributed by atoms with Crippen molar-refractivity contribution in [3.8, 4) is 0 Å². The summed E-state index contributed by atoms with van der Waals surface area (Å²) in [5.41, 5.74) is 2.04. The van der Waals surface area contributed by atoms with Crippen LogP contribution in [0.5, 0.6) is 0 Å². The lowest BCUT2D eigenvalue weighted by Crippen LogP contribution is -2.02. The van der Waals surface area contributed by atoms with Crippen LogP contribution in [0.2, 0.25) is 0 Å². The third-order valence-corrected chi connectivity index (χ3v) is 3.36. The molecule has 1 heterocycles. The van der Waals surface area contributed by atoms with Gasteiger partial charge in [-0.25, -0.2) is 0 Å². The molecule has 84 valence electrons. The Morgan fingerprint density at radius 3 is 2.75 bits per heavy atom. The van der Waals surface area contributed by atoms with Gasteiger partial charge in [0.05, 0.1) is 16.7 Å². The smallest absolute Gasteiger partial charge is 0.0957 e. The minimum Gasteiger partial charge on any atom is -0.387 e. The molecule has 0 amide bonds. The normalized spacial score (nSPS) is 12.6. The molecule has 2 aromatic rings. The van der Waals surface area contributed by atoms with Crippen LogP contribution in [0.3, 0.4) is 0 Å². The van der Waals surface area contributed by atoms with Gasteiger partial charge in [0.2, 0.25) is 0 Å².